The minimum Gasteiger partial charge on any atom is -0.490 e. The molecule has 0 fully saturated rings. The Morgan fingerprint density at radius 2 is 1.55 bits per heavy atom. The topological polar surface area (TPSA) is 88.1 Å². The highest BCUT2D eigenvalue weighted by atomic mass is 32.2. The van der Waals surface area contributed by atoms with Gasteiger partial charge in [-0.1, -0.05) is 25.1 Å². The van der Waals surface area contributed by atoms with Crippen molar-refractivity contribution in [2.45, 2.75) is 32.8 Å². The van der Waals surface area contributed by atoms with Gasteiger partial charge >= 0.3 is 16.1 Å². The predicted octanol–water partition coefficient (Wildman–Crippen LogP) is 4.23. The third-order valence-corrected chi connectivity index (χ3v) is 4.83. The Kier molecular flexibility index (Phi) is 8.50. The zero-order valence-electron chi connectivity index (χ0n) is 18.2. The van der Waals surface area contributed by atoms with Gasteiger partial charge in [0.05, 0.1) is 12.9 Å². The number of esters is 1. The normalized spacial score (nSPS) is 13.4. The van der Waals surface area contributed by atoms with Gasteiger partial charge in [0, 0.05) is 0 Å². The summed E-state index contributed by atoms with van der Waals surface area (Å²) in [6.07, 6.45) is 5.18. The summed E-state index contributed by atoms with van der Waals surface area (Å²) >= 11 is 0. The van der Waals surface area contributed by atoms with E-state index in [0.717, 1.165) is 11.8 Å². The molecule has 0 aliphatic rings. The van der Waals surface area contributed by atoms with Gasteiger partial charge in [-0.25, -0.2) is 4.79 Å². The average Bonchev–Trinajstić information content (AvgIpc) is 2.72. The van der Waals surface area contributed by atoms with E-state index < -0.39 is 15.7 Å². The molecular weight excluding hydrogens is 420 g/mol. The molecule has 7 nitrogen and oxygen atoms in total. The van der Waals surface area contributed by atoms with Crippen LogP contribution in [0.5, 0.6) is 17.2 Å². The lowest BCUT2D eigenvalue weighted by molar-refractivity contribution is -0.160. The van der Waals surface area contributed by atoms with Crippen molar-refractivity contribution in [1.29, 1.82) is 0 Å². The molecule has 0 bridgehead atoms. The maximum Gasteiger partial charge on any atom is 0.350 e. The van der Waals surface area contributed by atoms with Gasteiger partial charge in [0.15, 0.2) is 0 Å². The minimum absolute atomic E-state index is 0.264. The van der Waals surface area contributed by atoms with Crippen LogP contribution >= 0.6 is 0 Å². The van der Waals surface area contributed by atoms with E-state index >= 15 is 0 Å². The molecule has 2 aromatic carbocycles. The van der Waals surface area contributed by atoms with E-state index in [2.05, 4.69) is 0 Å². The van der Waals surface area contributed by atoms with Gasteiger partial charge in [-0.3, -0.25) is 0 Å². The van der Waals surface area contributed by atoms with Crippen LogP contribution in [-0.2, 0) is 19.6 Å². The van der Waals surface area contributed by atoms with Gasteiger partial charge in [0.2, 0.25) is 5.60 Å². The molecule has 0 spiro atoms. The summed E-state index contributed by atoms with van der Waals surface area (Å²) < 4.78 is 43.6. The summed E-state index contributed by atoms with van der Waals surface area (Å²) in [6.45, 7) is 5.98. The monoisotopic (exact) mass is 448 g/mol. The Morgan fingerprint density at radius 3 is 2.10 bits per heavy atom. The molecule has 0 saturated carbocycles. The molecule has 2 aromatic rings. The number of hydrogen-bond donors (Lipinski definition) is 0. The van der Waals surface area contributed by atoms with Crippen molar-refractivity contribution in [2.24, 2.45) is 0 Å². The summed E-state index contributed by atoms with van der Waals surface area (Å²) in [7, 11) is -3.53. The van der Waals surface area contributed by atoms with Crippen LogP contribution < -0.4 is 13.7 Å². The Labute approximate surface area is 183 Å². The smallest absolute Gasteiger partial charge is 0.350 e. The van der Waals surface area contributed by atoms with E-state index in [4.69, 9.17) is 18.4 Å². The Balaban J connectivity index is 1.87. The molecule has 0 aliphatic heterocycles. The minimum atomic E-state index is -3.53. The zero-order valence-corrected chi connectivity index (χ0v) is 19.0. The van der Waals surface area contributed by atoms with E-state index in [-0.39, 0.29) is 11.7 Å². The Hall–Kier alpha value is -3.00. The lowest BCUT2D eigenvalue weighted by Gasteiger charge is -2.27. The van der Waals surface area contributed by atoms with Crippen LogP contribution in [0.4, 0.5) is 0 Å². The first-order valence-electron chi connectivity index (χ1n) is 9.90. The number of carbonyl (C=O) groups is 1. The highest BCUT2D eigenvalue weighted by Gasteiger charge is 2.35. The van der Waals surface area contributed by atoms with Crippen LogP contribution in [0.25, 0.3) is 6.08 Å². The van der Waals surface area contributed by atoms with Crippen LogP contribution in [0.3, 0.4) is 0 Å². The van der Waals surface area contributed by atoms with Crippen molar-refractivity contribution >= 4 is 22.2 Å². The Bertz CT molecular complexity index is 980. The molecule has 8 heteroatoms. The first-order chi connectivity index (χ1) is 14.6. The van der Waals surface area contributed by atoms with Gasteiger partial charge in [0.25, 0.3) is 0 Å². The fourth-order valence-corrected chi connectivity index (χ4v) is 3.00. The fourth-order valence-electron chi connectivity index (χ4n) is 2.54. The number of hydrogen-bond acceptors (Lipinski definition) is 7. The lowest BCUT2D eigenvalue weighted by Crippen LogP contribution is -2.42. The number of carbonyl (C=O) groups excluding carboxylic acids is 1. The SMILES string of the molecule is CCOC(=O)C(C)(CC)Oc1ccc(OCC=Cc2ccc(OS(C)(=O)=O)cc2)cc1. The summed E-state index contributed by atoms with van der Waals surface area (Å²) in [5, 5.41) is 0. The number of rotatable bonds is 11. The molecule has 0 saturated heterocycles. The molecule has 168 valence electrons. The van der Waals surface area contributed by atoms with Gasteiger partial charge in [-0.05, 0) is 68.3 Å². The van der Waals surface area contributed by atoms with E-state index in [1.54, 1.807) is 62.4 Å². The van der Waals surface area contributed by atoms with Crippen LogP contribution in [0.1, 0.15) is 32.8 Å². The lowest BCUT2D eigenvalue weighted by atomic mass is 10.0. The molecule has 0 radical (unpaired) electrons. The highest BCUT2D eigenvalue weighted by Crippen LogP contribution is 2.25. The van der Waals surface area contributed by atoms with Gasteiger partial charge < -0.3 is 18.4 Å². The van der Waals surface area contributed by atoms with E-state index in [1.807, 2.05) is 19.1 Å². The molecule has 1 unspecified atom stereocenters. The molecular formula is C23H28O7S. The highest BCUT2D eigenvalue weighted by molar-refractivity contribution is 7.86. The van der Waals surface area contributed by atoms with Crippen molar-refractivity contribution in [3.8, 4) is 17.2 Å². The molecule has 1 atom stereocenters. The summed E-state index contributed by atoms with van der Waals surface area (Å²) in [6, 6.07) is 13.7. The number of ether oxygens (including phenoxy) is 3. The van der Waals surface area contributed by atoms with Crippen molar-refractivity contribution in [3.63, 3.8) is 0 Å². The zero-order chi connectivity index (χ0) is 22.9. The van der Waals surface area contributed by atoms with E-state index in [9.17, 15) is 13.2 Å². The molecule has 31 heavy (non-hydrogen) atoms. The quantitative estimate of drug-likeness (QED) is 0.375. The third kappa shape index (κ3) is 7.97. The molecule has 0 aromatic heterocycles. The summed E-state index contributed by atoms with van der Waals surface area (Å²) in [4.78, 5) is 12.1. The molecule has 0 aliphatic carbocycles. The van der Waals surface area contributed by atoms with Gasteiger partial charge in [0.1, 0.15) is 23.9 Å². The maximum absolute atomic E-state index is 12.1. The maximum atomic E-state index is 12.1. The summed E-state index contributed by atoms with van der Waals surface area (Å²) in [5.74, 6) is 1.08. The van der Waals surface area contributed by atoms with E-state index in [0.29, 0.717) is 31.1 Å². The first kappa shape index (κ1) is 24.3. The average molecular weight is 449 g/mol. The van der Waals surface area contributed by atoms with Crippen LogP contribution in [-0.4, -0.2) is 39.5 Å². The van der Waals surface area contributed by atoms with Gasteiger partial charge in [-0.15, -0.1) is 0 Å². The molecule has 0 amide bonds. The summed E-state index contributed by atoms with van der Waals surface area (Å²) in [5.41, 5.74) is -0.158. The molecule has 0 N–H and O–H groups in total. The molecule has 2 rings (SSSR count). The van der Waals surface area contributed by atoms with Crippen LogP contribution in [0.2, 0.25) is 0 Å². The van der Waals surface area contributed by atoms with Crippen molar-refractivity contribution in [2.75, 3.05) is 19.5 Å². The largest absolute Gasteiger partial charge is 0.490 e. The van der Waals surface area contributed by atoms with Crippen molar-refractivity contribution in [3.05, 3.63) is 60.2 Å². The second kappa shape index (κ2) is 10.9. The Morgan fingerprint density at radius 1 is 0.968 bits per heavy atom. The second-order valence-electron chi connectivity index (χ2n) is 6.95. The molecule has 0 heterocycles. The second-order valence-corrected chi connectivity index (χ2v) is 8.52. The van der Waals surface area contributed by atoms with Crippen LogP contribution in [0, 0.1) is 0 Å². The van der Waals surface area contributed by atoms with Gasteiger partial charge in [-0.2, -0.15) is 8.42 Å². The van der Waals surface area contributed by atoms with Crippen molar-refractivity contribution < 1.29 is 31.6 Å². The van der Waals surface area contributed by atoms with Crippen LogP contribution in [0.15, 0.2) is 54.6 Å². The standard InChI is InChI=1S/C23H28O7S/c1-5-23(3,22(24)27-6-2)29-20-15-13-19(14-16-20)28-17-7-8-18-9-11-21(12-10-18)30-31(4,25)26/h7-16H,5-6,17H2,1-4H3. The fraction of sp³-hybridized carbons (Fsp3) is 0.348. The third-order valence-electron chi connectivity index (χ3n) is 4.33. The predicted molar refractivity (Wildman–Crippen MR) is 119 cm³/mol. The number of benzene rings is 2. The van der Waals surface area contributed by atoms with Crippen molar-refractivity contribution in [1.82, 2.24) is 0 Å². The van der Waals surface area contributed by atoms with E-state index in [1.165, 1.54) is 0 Å². The first-order valence-corrected chi connectivity index (χ1v) is 11.7.